The third-order valence-corrected chi connectivity index (χ3v) is 27.5. The van der Waals surface area contributed by atoms with Gasteiger partial charge in [-0.3, -0.25) is 0 Å². The van der Waals surface area contributed by atoms with Crippen molar-refractivity contribution in [3.05, 3.63) is 546 Å². The Morgan fingerprint density at radius 1 is 0.0735 bits per heavy atom. The van der Waals surface area contributed by atoms with Gasteiger partial charge >= 0.3 is 0 Å². The lowest BCUT2D eigenvalue weighted by atomic mass is 9.83. The van der Waals surface area contributed by atoms with Crippen molar-refractivity contribution in [3.8, 4) is 145 Å². The molecule has 0 heteroatoms. The van der Waals surface area contributed by atoms with Crippen molar-refractivity contribution in [1.82, 2.24) is 0 Å². The molecule has 0 nitrogen and oxygen atoms in total. The quantitative estimate of drug-likeness (QED) is 0.101. The van der Waals surface area contributed by atoms with E-state index >= 15 is 0 Å². The second-order valence-corrected chi connectivity index (χ2v) is 35.4. The number of fused-ring (bicyclic) bond motifs is 10. The molecule has 0 spiro atoms. The van der Waals surface area contributed by atoms with E-state index in [4.69, 9.17) is 0 Å². The Labute approximate surface area is 792 Å². The zero-order valence-corrected chi connectivity index (χ0v) is 75.0. The topological polar surface area (TPSA) is 0 Å². The molecule has 136 heavy (non-hydrogen) atoms. The Morgan fingerprint density at radius 3 is 0.618 bits per heavy atom. The molecule has 0 saturated carbocycles. The number of hydrogen-bond donors (Lipinski definition) is 0. The minimum atomic E-state index is 1.21. The van der Waals surface area contributed by atoms with Gasteiger partial charge in [0.2, 0.25) is 0 Å². The lowest BCUT2D eigenvalue weighted by Gasteiger charge is -2.20. The van der Waals surface area contributed by atoms with Crippen LogP contribution in [0.4, 0.5) is 0 Å². The predicted octanol–water partition coefficient (Wildman–Crippen LogP) is 38.3. The molecule has 0 aliphatic heterocycles. The fraction of sp³-hybridized carbons (Fsp3) is 0. The first kappa shape index (κ1) is 81.5. The first-order valence-corrected chi connectivity index (χ1v) is 47.1. The molecular formula is C136H90. The summed E-state index contributed by atoms with van der Waals surface area (Å²) in [6.07, 6.45) is 0. The lowest BCUT2D eigenvalue weighted by molar-refractivity contribution is 1.58. The Kier molecular flexibility index (Phi) is 21.5. The Morgan fingerprint density at radius 2 is 0.279 bits per heavy atom. The Hall–Kier alpha value is -17.7. The molecule has 0 heterocycles. The zero-order chi connectivity index (χ0) is 90.2. The van der Waals surface area contributed by atoms with Gasteiger partial charge in [-0.1, -0.05) is 504 Å². The first-order valence-electron chi connectivity index (χ1n) is 47.1. The zero-order valence-electron chi connectivity index (χ0n) is 75.0. The second kappa shape index (κ2) is 35.9. The summed E-state index contributed by atoms with van der Waals surface area (Å²) in [6, 6.07) is 199. The molecule has 0 aliphatic carbocycles. The van der Waals surface area contributed by atoms with E-state index in [1.165, 1.54) is 252 Å². The van der Waals surface area contributed by atoms with Crippen LogP contribution in [0.25, 0.3) is 252 Å². The molecule has 0 N–H and O–H groups in total. The third-order valence-electron chi connectivity index (χ3n) is 27.5. The molecular weight excluding hydrogens is 1630 g/mol. The van der Waals surface area contributed by atoms with E-state index in [0.29, 0.717) is 0 Å². The molecule has 0 fully saturated rings. The number of hydrogen-bond acceptors (Lipinski definition) is 0. The Balaban J connectivity index is 0.000000112. The largest absolute Gasteiger partial charge is 0.0622 e. The van der Waals surface area contributed by atoms with E-state index < -0.39 is 0 Å². The van der Waals surface area contributed by atoms with Gasteiger partial charge in [0.1, 0.15) is 0 Å². The van der Waals surface area contributed by atoms with Crippen LogP contribution in [0.5, 0.6) is 0 Å². The molecule has 26 rings (SSSR count). The van der Waals surface area contributed by atoms with Crippen LogP contribution in [0.1, 0.15) is 0 Å². The third kappa shape index (κ3) is 15.3. The van der Waals surface area contributed by atoms with Gasteiger partial charge in [0.25, 0.3) is 0 Å². The monoisotopic (exact) mass is 1720 g/mol. The minimum absolute atomic E-state index is 1.21. The van der Waals surface area contributed by atoms with Crippen molar-refractivity contribution in [1.29, 1.82) is 0 Å². The fourth-order valence-corrected chi connectivity index (χ4v) is 21.2. The van der Waals surface area contributed by atoms with Crippen LogP contribution in [0.2, 0.25) is 0 Å². The summed E-state index contributed by atoms with van der Waals surface area (Å²) in [4.78, 5) is 0. The van der Waals surface area contributed by atoms with E-state index in [1.807, 2.05) is 0 Å². The maximum absolute atomic E-state index is 2.37. The van der Waals surface area contributed by atoms with Gasteiger partial charge in [0.05, 0.1) is 0 Å². The maximum atomic E-state index is 2.37. The van der Waals surface area contributed by atoms with Crippen molar-refractivity contribution in [2.24, 2.45) is 0 Å². The van der Waals surface area contributed by atoms with E-state index in [1.54, 1.807) is 0 Å². The van der Waals surface area contributed by atoms with Gasteiger partial charge in [-0.15, -0.1) is 0 Å². The van der Waals surface area contributed by atoms with Crippen LogP contribution in [-0.4, -0.2) is 0 Å². The second-order valence-electron chi connectivity index (χ2n) is 35.4. The van der Waals surface area contributed by atoms with Gasteiger partial charge in [0.15, 0.2) is 0 Å². The summed E-state index contributed by atoms with van der Waals surface area (Å²) < 4.78 is 0. The van der Waals surface area contributed by atoms with E-state index in [0.717, 1.165) is 0 Å². The number of benzene rings is 26. The summed E-state index contributed by atoms with van der Waals surface area (Å²) in [5.41, 5.74) is 32.4. The SMILES string of the molecule is c1ccc(-c2cc(-c3ccccc3)cc(-c3c4ccccc4c(-c4cccc5ccc(-c6ccccc6)cc45)c4ccccc34)c2)cc1.c1ccc(-c2ccc3cccc(-c4c5ccccc5c(-c5ccc(-c6ccc7ccccc7c6)cc5)c5ccccc45)c3c2)cc1.c1ccc(-c2ccc3cccc(-c4c5ccccc5c(-c5ccccc5-c5ccccc5)c5ccccc45)c3c2)cc1. The van der Waals surface area contributed by atoms with Crippen LogP contribution < -0.4 is 0 Å². The molecule has 0 aromatic heterocycles. The summed E-state index contributed by atoms with van der Waals surface area (Å²) in [5, 5.41) is 25.3. The first-order chi connectivity index (χ1) is 67.5. The van der Waals surface area contributed by atoms with Crippen LogP contribution in [0.3, 0.4) is 0 Å². The molecule has 0 bridgehead atoms. The van der Waals surface area contributed by atoms with Crippen molar-refractivity contribution in [2.45, 2.75) is 0 Å². The van der Waals surface area contributed by atoms with Crippen molar-refractivity contribution in [3.63, 3.8) is 0 Å². The summed E-state index contributed by atoms with van der Waals surface area (Å²) in [5.74, 6) is 0. The molecule has 0 atom stereocenters. The molecule has 0 unspecified atom stereocenters. The van der Waals surface area contributed by atoms with Crippen LogP contribution in [0, 0.1) is 0 Å². The molecule has 26 aromatic rings. The van der Waals surface area contributed by atoms with Gasteiger partial charge < -0.3 is 0 Å². The highest BCUT2D eigenvalue weighted by atomic mass is 14.3. The maximum Gasteiger partial charge on any atom is -0.00201 e. The van der Waals surface area contributed by atoms with Gasteiger partial charge in [-0.25, -0.2) is 0 Å². The van der Waals surface area contributed by atoms with E-state index in [2.05, 4.69) is 546 Å². The molecule has 0 saturated heterocycles. The predicted molar refractivity (Wildman–Crippen MR) is 585 cm³/mol. The smallest absolute Gasteiger partial charge is 0.00201 e. The Bertz CT molecular complexity index is 8800. The average molecular weight is 1720 g/mol. The van der Waals surface area contributed by atoms with Crippen molar-refractivity contribution < 1.29 is 0 Å². The molecule has 0 radical (unpaired) electrons. The molecule has 0 aliphatic rings. The summed E-state index contributed by atoms with van der Waals surface area (Å²) in [6.45, 7) is 0. The molecule has 0 amide bonds. The standard InChI is InChI=1S/C48H32.C46H30.C42H28/c1-4-15-33(16-5-1)37-28-27-36-21-14-26-45(46(36)32-37)48-43-24-12-10-22-41(43)47(42-23-11-13-25-44(42)48)40-30-38(34-17-6-2-7-18-34)29-39(31-40)35-19-8-3-9-20-35;1-2-11-31(12-3-1)38-28-24-34-15-10-20-43(44(34)30-38)46-41-18-8-6-16-39(41)45(40-17-7-9-19-42(40)46)35-25-21-33(22-26-35)37-27-23-32-13-4-5-14-36(32)29-37;1-3-14-29(15-4-1)32-27-26-31-18-13-25-39(40(31)28-32)42-37-23-11-9-21-35(37)41(36-22-10-12-24-38(36)42)34-20-8-7-19-33(34)30-16-5-2-6-17-30/h1-32H;1-30H;1-28H. The molecule has 26 aromatic carbocycles. The highest BCUT2D eigenvalue weighted by molar-refractivity contribution is 6.28. The number of rotatable bonds is 13. The molecule has 634 valence electrons. The van der Waals surface area contributed by atoms with Crippen LogP contribution in [-0.2, 0) is 0 Å². The normalized spacial score (nSPS) is 11.4. The van der Waals surface area contributed by atoms with Gasteiger partial charge in [-0.2, -0.15) is 0 Å². The lowest BCUT2D eigenvalue weighted by Crippen LogP contribution is -1.93. The highest BCUT2D eigenvalue weighted by Gasteiger charge is 2.25. The van der Waals surface area contributed by atoms with Gasteiger partial charge in [-0.05, 0) is 295 Å². The van der Waals surface area contributed by atoms with Crippen molar-refractivity contribution in [2.75, 3.05) is 0 Å². The highest BCUT2D eigenvalue weighted by Crippen LogP contribution is 2.52. The van der Waals surface area contributed by atoms with Crippen LogP contribution in [0.15, 0.2) is 546 Å². The fourth-order valence-electron chi connectivity index (χ4n) is 21.2. The summed E-state index contributed by atoms with van der Waals surface area (Å²) >= 11 is 0. The van der Waals surface area contributed by atoms with Crippen molar-refractivity contribution >= 4 is 108 Å². The van der Waals surface area contributed by atoms with E-state index in [-0.39, 0.29) is 0 Å². The summed E-state index contributed by atoms with van der Waals surface area (Å²) in [7, 11) is 0. The van der Waals surface area contributed by atoms with E-state index in [9.17, 15) is 0 Å². The average Bonchev–Trinajstić information content (AvgIpc) is 0.729. The van der Waals surface area contributed by atoms with Crippen LogP contribution >= 0.6 is 0 Å². The minimum Gasteiger partial charge on any atom is -0.0622 e. The van der Waals surface area contributed by atoms with Gasteiger partial charge in [0, 0.05) is 0 Å².